The van der Waals surface area contributed by atoms with Crippen LogP contribution in [0.15, 0.2) is 34.9 Å². The normalized spacial score (nSPS) is 10.3. The highest BCUT2D eigenvalue weighted by Gasteiger charge is 2.14. The highest BCUT2D eigenvalue weighted by Crippen LogP contribution is 2.30. The molecular formula is C13H14BrFN4. The van der Waals surface area contributed by atoms with E-state index in [1.165, 1.54) is 12.1 Å². The number of hydrogen-bond acceptors (Lipinski definition) is 4. The van der Waals surface area contributed by atoms with Gasteiger partial charge in [-0.15, -0.1) is 0 Å². The Labute approximate surface area is 119 Å². The first kappa shape index (κ1) is 13.7. The molecule has 19 heavy (non-hydrogen) atoms. The SMILES string of the molecule is CCN(c1cccc(F)c1)c1nc(NC)ncc1Br. The molecule has 0 aliphatic carbocycles. The molecule has 1 N–H and O–H groups in total. The summed E-state index contributed by atoms with van der Waals surface area (Å²) in [6, 6.07) is 6.43. The number of hydrogen-bond donors (Lipinski definition) is 1. The van der Waals surface area contributed by atoms with Crippen LogP contribution in [-0.4, -0.2) is 23.6 Å². The molecule has 2 rings (SSSR count). The Kier molecular flexibility index (Phi) is 4.31. The molecule has 1 aromatic carbocycles. The number of halogens is 2. The van der Waals surface area contributed by atoms with Crippen LogP contribution in [0.3, 0.4) is 0 Å². The van der Waals surface area contributed by atoms with Crippen LogP contribution >= 0.6 is 15.9 Å². The number of benzene rings is 1. The number of nitrogens with one attached hydrogen (secondary N) is 1. The summed E-state index contributed by atoms with van der Waals surface area (Å²) in [5.74, 6) is 0.954. The second-order valence-corrected chi connectivity index (χ2v) is 4.69. The molecule has 0 unspecified atom stereocenters. The summed E-state index contributed by atoms with van der Waals surface area (Å²) in [5, 5.41) is 2.89. The van der Waals surface area contributed by atoms with Crippen molar-refractivity contribution in [3.63, 3.8) is 0 Å². The summed E-state index contributed by atoms with van der Waals surface area (Å²) in [5.41, 5.74) is 0.754. The van der Waals surface area contributed by atoms with Gasteiger partial charge < -0.3 is 10.2 Å². The first-order valence-corrected chi connectivity index (χ1v) is 6.68. The zero-order valence-corrected chi connectivity index (χ0v) is 12.3. The molecule has 0 amide bonds. The number of rotatable bonds is 4. The molecule has 0 aliphatic rings. The maximum Gasteiger partial charge on any atom is 0.224 e. The molecule has 0 saturated heterocycles. The van der Waals surface area contributed by atoms with Crippen molar-refractivity contribution in [3.05, 3.63) is 40.8 Å². The second-order valence-electron chi connectivity index (χ2n) is 3.84. The van der Waals surface area contributed by atoms with Gasteiger partial charge in [0.2, 0.25) is 5.95 Å². The van der Waals surface area contributed by atoms with E-state index in [0.717, 1.165) is 10.2 Å². The molecule has 0 bridgehead atoms. The van der Waals surface area contributed by atoms with Crippen LogP contribution in [0, 0.1) is 5.82 Å². The fraction of sp³-hybridized carbons (Fsp3) is 0.231. The average molecular weight is 325 g/mol. The van der Waals surface area contributed by atoms with E-state index in [0.29, 0.717) is 18.3 Å². The summed E-state index contributed by atoms with van der Waals surface area (Å²) in [6.07, 6.45) is 1.68. The van der Waals surface area contributed by atoms with Crippen molar-refractivity contribution in [2.45, 2.75) is 6.92 Å². The first-order chi connectivity index (χ1) is 9.15. The summed E-state index contributed by atoms with van der Waals surface area (Å²) in [4.78, 5) is 10.4. The zero-order valence-electron chi connectivity index (χ0n) is 10.7. The quantitative estimate of drug-likeness (QED) is 0.933. The summed E-state index contributed by atoms with van der Waals surface area (Å²) in [6.45, 7) is 2.65. The van der Waals surface area contributed by atoms with Gasteiger partial charge in [-0.1, -0.05) is 6.07 Å². The lowest BCUT2D eigenvalue weighted by Crippen LogP contribution is -2.18. The summed E-state index contributed by atoms with van der Waals surface area (Å²) < 4.78 is 14.1. The molecule has 1 heterocycles. The Morgan fingerprint density at radius 3 is 2.84 bits per heavy atom. The monoisotopic (exact) mass is 324 g/mol. The maximum atomic E-state index is 13.3. The van der Waals surface area contributed by atoms with Gasteiger partial charge in [0.15, 0.2) is 5.82 Å². The van der Waals surface area contributed by atoms with E-state index in [4.69, 9.17) is 0 Å². The molecule has 6 heteroatoms. The maximum absolute atomic E-state index is 13.3. The molecule has 2 aromatic rings. The third-order valence-electron chi connectivity index (χ3n) is 2.64. The van der Waals surface area contributed by atoms with Crippen molar-refractivity contribution in [3.8, 4) is 0 Å². The lowest BCUT2D eigenvalue weighted by molar-refractivity contribution is 0.627. The van der Waals surface area contributed by atoms with Crippen molar-refractivity contribution >= 4 is 33.4 Å². The van der Waals surface area contributed by atoms with Gasteiger partial charge in [0.05, 0.1) is 4.47 Å². The van der Waals surface area contributed by atoms with E-state index >= 15 is 0 Å². The molecule has 0 atom stereocenters. The van der Waals surface area contributed by atoms with Gasteiger partial charge in [-0.3, -0.25) is 0 Å². The van der Waals surface area contributed by atoms with E-state index in [9.17, 15) is 4.39 Å². The second kappa shape index (κ2) is 5.97. The van der Waals surface area contributed by atoms with Crippen LogP contribution < -0.4 is 10.2 Å². The third kappa shape index (κ3) is 3.01. The number of anilines is 3. The van der Waals surface area contributed by atoms with Gasteiger partial charge in [-0.05, 0) is 41.1 Å². The van der Waals surface area contributed by atoms with Crippen LogP contribution in [0.1, 0.15) is 6.92 Å². The summed E-state index contributed by atoms with van der Waals surface area (Å²) in [7, 11) is 1.76. The predicted molar refractivity (Wildman–Crippen MR) is 78.4 cm³/mol. The van der Waals surface area contributed by atoms with Crippen LogP contribution in [-0.2, 0) is 0 Å². The molecule has 0 aliphatic heterocycles. The van der Waals surface area contributed by atoms with Crippen molar-refractivity contribution < 1.29 is 4.39 Å². The molecule has 1 aromatic heterocycles. The van der Waals surface area contributed by atoms with Crippen molar-refractivity contribution in [1.29, 1.82) is 0 Å². The molecule has 4 nitrogen and oxygen atoms in total. The Hall–Kier alpha value is -1.69. The Balaban J connectivity index is 2.47. The fourth-order valence-electron chi connectivity index (χ4n) is 1.77. The van der Waals surface area contributed by atoms with Gasteiger partial charge in [-0.25, -0.2) is 9.37 Å². The molecule has 0 fully saturated rings. The van der Waals surface area contributed by atoms with E-state index in [1.807, 2.05) is 17.9 Å². The minimum absolute atomic E-state index is 0.269. The van der Waals surface area contributed by atoms with E-state index in [1.54, 1.807) is 19.3 Å². The molecule has 0 saturated carbocycles. The first-order valence-electron chi connectivity index (χ1n) is 5.89. The highest BCUT2D eigenvalue weighted by molar-refractivity contribution is 9.10. The highest BCUT2D eigenvalue weighted by atomic mass is 79.9. The number of aromatic nitrogens is 2. The van der Waals surface area contributed by atoms with Gasteiger partial charge in [0, 0.05) is 25.5 Å². The van der Waals surface area contributed by atoms with E-state index in [2.05, 4.69) is 31.2 Å². The topological polar surface area (TPSA) is 41.1 Å². The minimum Gasteiger partial charge on any atom is -0.357 e. The Bertz CT molecular complexity index is 576. The fourth-order valence-corrected chi connectivity index (χ4v) is 2.17. The smallest absolute Gasteiger partial charge is 0.224 e. The molecule has 0 radical (unpaired) electrons. The van der Waals surface area contributed by atoms with Crippen LogP contribution in [0.4, 0.5) is 21.8 Å². The van der Waals surface area contributed by atoms with Crippen molar-refractivity contribution in [2.75, 3.05) is 23.8 Å². The van der Waals surface area contributed by atoms with E-state index in [-0.39, 0.29) is 5.82 Å². The van der Waals surface area contributed by atoms with Crippen LogP contribution in [0.2, 0.25) is 0 Å². The Morgan fingerprint density at radius 2 is 2.21 bits per heavy atom. The standard InChI is InChI=1S/C13H14BrFN4/c1-3-19(10-6-4-5-9(15)7-10)12-11(14)8-17-13(16-2)18-12/h4-8H,3H2,1-2H3,(H,16,17,18). The van der Waals surface area contributed by atoms with Crippen molar-refractivity contribution in [2.24, 2.45) is 0 Å². The largest absolute Gasteiger partial charge is 0.357 e. The van der Waals surface area contributed by atoms with Gasteiger partial charge in [0.1, 0.15) is 5.82 Å². The minimum atomic E-state index is -0.269. The average Bonchev–Trinajstić information content (AvgIpc) is 2.42. The van der Waals surface area contributed by atoms with Gasteiger partial charge >= 0.3 is 0 Å². The van der Waals surface area contributed by atoms with Gasteiger partial charge in [-0.2, -0.15) is 4.98 Å². The Morgan fingerprint density at radius 1 is 1.42 bits per heavy atom. The van der Waals surface area contributed by atoms with Crippen molar-refractivity contribution in [1.82, 2.24) is 9.97 Å². The lowest BCUT2D eigenvalue weighted by atomic mass is 10.2. The van der Waals surface area contributed by atoms with E-state index < -0.39 is 0 Å². The molecule has 100 valence electrons. The number of nitrogens with zero attached hydrogens (tertiary/aromatic N) is 3. The molecular weight excluding hydrogens is 311 g/mol. The lowest BCUT2D eigenvalue weighted by Gasteiger charge is -2.23. The third-order valence-corrected chi connectivity index (χ3v) is 3.20. The van der Waals surface area contributed by atoms with Crippen LogP contribution in [0.5, 0.6) is 0 Å². The molecule has 0 spiro atoms. The predicted octanol–water partition coefficient (Wildman–Crippen LogP) is 3.58. The van der Waals surface area contributed by atoms with Gasteiger partial charge in [0.25, 0.3) is 0 Å². The zero-order chi connectivity index (χ0) is 13.8. The van der Waals surface area contributed by atoms with Crippen LogP contribution in [0.25, 0.3) is 0 Å². The summed E-state index contributed by atoms with van der Waals surface area (Å²) >= 11 is 3.43.